The number of nitrogens with zero attached hydrogens (tertiary/aromatic N) is 2. The standard InChI is InChI=1S/C15H26N4O2/c1-2-20-15-10-14(18-11-19-15)17-8-3-9-21-13-6-4-12(16)5-7-13/h10-13H,2-9,16H2,1H3,(H,17,18,19). The predicted octanol–water partition coefficient (Wildman–Crippen LogP) is 1.96. The van der Waals surface area contributed by atoms with Crippen LogP contribution in [-0.2, 0) is 4.74 Å². The first-order valence-corrected chi connectivity index (χ1v) is 7.84. The van der Waals surface area contributed by atoms with Gasteiger partial charge < -0.3 is 20.5 Å². The van der Waals surface area contributed by atoms with E-state index in [9.17, 15) is 0 Å². The summed E-state index contributed by atoms with van der Waals surface area (Å²) in [4.78, 5) is 8.19. The lowest BCUT2D eigenvalue weighted by Crippen LogP contribution is -2.30. The lowest BCUT2D eigenvalue weighted by Gasteiger charge is -2.26. The van der Waals surface area contributed by atoms with E-state index in [1.54, 1.807) is 0 Å². The monoisotopic (exact) mass is 294 g/mol. The maximum absolute atomic E-state index is 5.88. The van der Waals surface area contributed by atoms with Crippen LogP contribution in [0.25, 0.3) is 0 Å². The third-order valence-electron chi connectivity index (χ3n) is 3.63. The van der Waals surface area contributed by atoms with Gasteiger partial charge in [0.15, 0.2) is 0 Å². The Kier molecular flexibility index (Phi) is 6.69. The molecule has 0 amide bonds. The van der Waals surface area contributed by atoms with Gasteiger partial charge in [0.1, 0.15) is 12.1 Å². The number of nitrogens with one attached hydrogen (secondary N) is 1. The lowest BCUT2D eigenvalue weighted by atomic mass is 9.94. The highest BCUT2D eigenvalue weighted by Crippen LogP contribution is 2.19. The predicted molar refractivity (Wildman–Crippen MR) is 82.5 cm³/mol. The maximum Gasteiger partial charge on any atom is 0.218 e. The number of hydrogen-bond donors (Lipinski definition) is 2. The molecule has 1 heterocycles. The largest absolute Gasteiger partial charge is 0.478 e. The van der Waals surface area contributed by atoms with Crippen LogP contribution in [0.4, 0.5) is 5.82 Å². The highest BCUT2D eigenvalue weighted by molar-refractivity contribution is 5.36. The molecule has 0 atom stereocenters. The Hall–Kier alpha value is -1.40. The van der Waals surface area contributed by atoms with Gasteiger partial charge in [-0.2, -0.15) is 0 Å². The topological polar surface area (TPSA) is 82.3 Å². The van der Waals surface area contributed by atoms with Crippen LogP contribution in [0.5, 0.6) is 5.88 Å². The fourth-order valence-corrected chi connectivity index (χ4v) is 2.46. The minimum Gasteiger partial charge on any atom is -0.478 e. The normalized spacial score (nSPS) is 22.0. The van der Waals surface area contributed by atoms with E-state index in [1.165, 1.54) is 6.33 Å². The molecule has 0 spiro atoms. The number of ether oxygens (including phenoxy) is 2. The Bertz CT molecular complexity index is 408. The van der Waals surface area contributed by atoms with Gasteiger partial charge in [-0.05, 0) is 39.0 Å². The molecule has 1 aromatic heterocycles. The first kappa shape index (κ1) is 16.0. The second-order valence-corrected chi connectivity index (χ2v) is 5.36. The van der Waals surface area contributed by atoms with E-state index in [4.69, 9.17) is 15.2 Å². The molecule has 1 aliphatic rings. The summed E-state index contributed by atoms with van der Waals surface area (Å²) in [6.45, 7) is 4.14. The van der Waals surface area contributed by atoms with Gasteiger partial charge in [-0.1, -0.05) is 0 Å². The second-order valence-electron chi connectivity index (χ2n) is 5.36. The van der Waals surface area contributed by atoms with Crippen LogP contribution < -0.4 is 15.8 Å². The van der Waals surface area contributed by atoms with Crippen molar-refractivity contribution in [3.05, 3.63) is 12.4 Å². The summed E-state index contributed by atoms with van der Waals surface area (Å²) in [5.74, 6) is 1.39. The van der Waals surface area contributed by atoms with Crippen LogP contribution in [0.1, 0.15) is 39.0 Å². The Morgan fingerprint density at radius 3 is 2.86 bits per heavy atom. The molecule has 0 bridgehead atoms. The molecule has 0 radical (unpaired) electrons. The van der Waals surface area contributed by atoms with E-state index >= 15 is 0 Å². The SMILES string of the molecule is CCOc1cc(NCCCOC2CCC(N)CC2)ncn1. The van der Waals surface area contributed by atoms with Crippen LogP contribution in [-0.4, -0.2) is 41.9 Å². The van der Waals surface area contributed by atoms with E-state index < -0.39 is 0 Å². The fourth-order valence-electron chi connectivity index (χ4n) is 2.46. The molecule has 6 heteroatoms. The molecule has 21 heavy (non-hydrogen) atoms. The van der Waals surface area contributed by atoms with Gasteiger partial charge in [-0.15, -0.1) is 0 Å². The molecule has 6 nitrogen and oxygen atoms in total. The molecule has 0 aromatic carbocycles. The van der Waals surface area contributed by atoms with Crippen molar-refractivity contribution in [2.24, 2.45) is 5.73 Å². The average molecular weight is 294 g/mol. The van der Waals surface area contributed by atoms with E-state index in [-0.39, 0.29) is 0 Å². The zero-order valence-corrected chi connectivity index (χ0v) is 12.8. The van der Waals surface area contributed by atoms with Gasteiger partial charge in [0.05, 0.1) is 12.7 Å². The number of anilines is 1. The molecule has 1 saturated carbocycles. The van der Waals surface area contributed by atoms with Crippen molar-refractivity contribution < 1.29 is 9.47 Å². The van der Waals surface area contributed by atoms with Crippen LogP contribution in [0, 0.1) is 0 Å². The van der Waals surface area contributed by atoms with Gasteiger partial charge in [0.2, 0.25) is 5.88 Å². The summed E-state index contributed by atoms with van der Waals surface area (Å²) in [6, 6.07) is 2.19. The Morgan fingerprint density at radius 1 is 1.29 bits per heavy atom. The van der Waals surface area contributed by atoms with E-state index in [1.807, 2.05) is 13.0 Å². The van der Waals surface area contributed by atoms with E-state index in [0.29, 0.717) is 24.6 Å². The summed E-state index contributed by atoms with van der Waals surface area (Å²) in [7, 11) is 0. The number of hydrogen-bond acceptors (Lipinski definition) is 6. The van der Waals surface area contributed by atoms with Crippen molar-refractivity contribution >= 4 is 5.82 Å². The minimum atomic E-state index is 0.379. The molecule has 3 N–H and O–H groups in total. The molecule has 0 saturated heterocycles. The summed E-state index contributed by atoms with van der Waals surface area (Å²) in [5.41, 5.74) is 5.88. The molecule has 118 valence electrons. The summed E-state index contributed by atoms with van der Waals surface area (Å²) in [6.07, 6.45) is 7.23. The van der Waals surface area contributed by atoms with Crippen molar-refractivity contribution in [1.82, 2.24) is 9.97 Å². The van der Waals surface area contributed by atoms with Crippen molar-refractivity contribution in [1.29, 1.82) is 0 Å². The van der Waals surface area contributed by atoms with Gasteiger partial charge in [-0.3, -0.25) is 0 Å². The van der Waals surface area contributed by atoms with Crippen LogP contribution >= 0.6 is 0 Å². The molecule has 2 rings (SSSR count). The molecular formula is C15H26N4O2. The molecule has 0 unspecified atom stereocenters. The molecule has 1 aliphatic carbocycles. The molecule has 1 fully saturated rings. The summed E-state index contributed by atoms with van der Waals surface area (Å²) < 4.78 is 11.2. The fraction of sp³-hybridized carbons (Fsp3) is 0.733. The van der Waals surface area contributed by atoms with Gasteiger partial charge in [0, 0.05) is 25.3 Å². The van der Waals surface area contributed by atoms with E-state index in [0.717, 1.165) is 51.1 Å². The van der Waals surface area contributed by atoms with Crippen LogP contribution in [0.3, 0.4) is 0 Å². The van der Waals surface area contributed by atoms with Gasteiger partial charge in [-0.25, -0.2) is 9.97 Å². The first-order valence-electron chi connectivity index (χ1n) is 7.84. The Labute approximate surface area is 126 Å². The molecule has 0 aliphatic heterocycles. The van der Waals surface area contributed by atoms with Crippen molar-refractivity contribution in [3.8, 4) is 5.88 Å². The van der Waals surface area contributed by atoms with Crippen molar-refractivity contribution in [3.63, 3.8) is 0 Å². The first-order chi connectivity index (χ1) is 10.3. The van der Waals surface area contributed by atoms with Gasteiger partial charge >= 0.3 is 0 Å². The third kappa shape index (κ3) is 5.85. The minimum absolute atomic E-state index is 0.379. The smallest absolute Gasteiger partial charge is 0.218 e. The summed E-state index contributed by atoms with van der Waals surface area (Å²) >= 11 is 0. The van der Waals surface area contributed by atoms with Gasteiger partial charge in [0.25, 0.3) is 0 Å². The van der Waals surface area contributed by atoms with E-state index in [2.05, 4.69) is 15.3 Å². The second kappa shape index (κ2) is 8.79. The van der Waals surface area contributed by atoms with Crippen LogP contribution in [0.15, 0.2) is 12.4 Å². The number of rotatable bonds is 8. The van der Waals surface area contributed by atoms with Crippen molar-refractivity contribution in [2.45, 2.75) is 51.2 Å². The summed E-state index contributed by atoms with van der Waals surface area (Å²) in [5, 5.41) is 3.26. The zero-order chi connectivity index (χ0) is 14.9. The maximum atomic E-state index is 5.88. The number of nitrogens with two attached hydrogens (primary N) is 1. The zero-order valence-electron chi connectivity index (χ0n) is 12.8. The molecular weight excluding hydrogens is 268 g/mol. The van der Waals surface area contributed by atoms with Crippen molar-refractivity contribution in [2.75, 3.05) is 25.1 Å². The highest BCUT2D eigenvalue weighted by atomic mass is 16.5. The quantitative estimate of drug-likeness (QED) is 0.713. The lowest BCUT2D eigenvalue weighted by molar-refractivity contribution is 0.0251. The third-order valence-corrected chi connectivity index (χ3v) is 3.63. The van der Waals surface area contributed by atoms with Crippen LogP contribution in [0.2, 0.25) is 0 Å². The average Bonchev–Trinajstić information content (AvgIpc) is 2.50. The Morgan fingerprint density at radius 2 is 2.10 bits per heavy atom. The Balaban J connectivity index is 1.58. The molecule has 1 aromatic rings. The number of aromatic nitrogens is 2. The highest BCUT2D eigenvalue weighted by Gasteiger charge is 2.18.